The summed E-state index contributed by atoms with van der Waals surface area (Å²) in [7, 11) is 0. The van der Waals surface area contributed by atoms with Crippen molar-refractivity contribution in [3.05, 3.63) is 20.2 Å². The molecule has 0 amide bonds. The second-order valence-electron chi connectivity index (χ2n) is 4.10. The van der Waals surface area contributed by atoms with Crippen LogP contribution in [0.4, 0.5) is 0 Å². The van der Waals surface area contributed by atoms with Gasteiger partial charge in [0.1, 0.15) is 11.0 Å². The summed E-state index contributed by atoms with van der Waals surface area (Å²) in [5.41, 5.74) is 1.08. The van der Waals surface area contributed by atoms with Gasteiger partial charge < -0.3 is 0 Å². The first-order valence-corrected chi connectivity index (χ1v) is 9.67. The molecule has 2 rings (SSSR count). The zero-order chi connectivity index (χ0) is 13.1. The molecule has 0 radical (unpaired) electrons. The summed E-state index contributed by atoms with van der Waals surface area (Å²) in [6.45, 7) is 4.36. The lowest BCUT2D eigenvalue weighted by atomic mass is 10.2. The highest BCUT2D eigenvalue weighted by Gasteiger charge is 2.29. The van der Waals surface area contributed by atoms with Crippen LogP contribution in [0.3, 0.4) is 0 Å². The molecule has 18 heavy (non-hydrogen) atoms. The molecule has 0 aliphatic carbocycles. The Hall–Kier alpha value is 0.800. The number of aromatic nitrogens is 2. The van der Waals surface area contributed by atoms with Gasteiger partial charge in [0.05, 0.1) is 14.5 Å². The lowest BCUT2D eigenvalue weighted by Gasteiger charge is -2.29. The van der Waals surface area contributed by atoms with Crippen molar-refractivity contribution in [2.45, 2.75) is 37.2 Å². The van der Waals surface area contributed by atoms with Crippen molar-refractivity contribution in [2.24, 2.45) is 0 Å². The van der Waals surface area contributed by atoms with Crippen LogP contribution < -0.4 is 0 Å². The van der Waals surface area contributed by atoms with Crippen LogP contribution in [0.1, 0.15) is 37.0 Å². The summed E-state index contributed by atoms with van der Waals surface area (Å²) in [5.74, 6) is 3.35. The molecule has 1 aliphatic heterocycles. The summed E-state index contributed by atoms with van der Waals surface area (Å²) in [4.78, 5) is 9.25. The third-order valence-corrected chi connectivity index (χ3v) is 7.91. The minimum Gasteiger partial charge on any atom is -0.235 e. The first-order valence-electron chi connectivity index (χ1n) is 6.12. The Balaban J connectivity index is 2.34. The van der Waals surface area contributed by atoms with Gasteiger partial charge in [-0.2, -0.15) is 11.8 Å². The predicted octanol–water partition coefficient (Wildman–Crippen LogP) is 4.60. The zero-order valence-electron chi connectivity index (χ0n) is 10.4. The Morgan fingerprint density at radius 1 is 1.28 bits per heavy atom. The lowest BCUT2D eigenvalue weighted by molar-refractivity contribution is 0.739. The number of hydrogen-bond donors (Lipinski definition) is 0. The SMILES string of the molecule is CCc1nc(C2SCCSC2CC)nc(Cl)c1I. The van der Waals surface area contributed by atoms with Gasteiger partial charge in [-0.25, -0.2) is 9.97 Å². The molecule has 1 aromatic rings. The van der Waals surface area contributed by atoms with E-state index >= 15 is 0 Å². The molecule has 0 N–H and O–H groups in total. The van der Waals surface area contributed by atoms with Gasteiger partial charge in [-0.1, -0.05) is 25.4 Å². The third kappa shape index (κ3) is 3.27. The maximum atomic E-state index is 6.23. The molecule has 1 fully saturated rings. The minimum atomic E-state index is 0.397. The minimum absolute atomic E-state index is 0.397. The van der Waals surface area contributed by atoms with Crippen LogP contribution in [-0.2, 0) is 6.42 Å². The van der Waals surface area contributed by atoms with E-state index in [0.717, 1.165) is 27.9 Å². The summed E-state index contributed by atoms with van der Waals surface area (Å²) < 4.78 is 1.00. The smallest absolute Gasteiger partial charge is 0.146 e. The van der Waals surface area contributed by atoms with Gasteiger partial charge in [0.2, 0.25) is 0 Å². The van der Waals surface area contributed by atoms with E-state index in [1.165, 1.54) is 11.5 Å². The first kappa shape index (κ1) is 15.2. The Morgan fingerprint density at radius 3 is 2.67 bits per heavy atom. The predicted molar refractivity (Wildman–Crippen MR) is 90.9 cm³/mol. The number of hydrogen-bond acceptors (Lipinski definition) is 4. The Labute approximate surface area is 136 Å². The first-order chi connectivity index (χ1) is 8.67. The van der Waals surface area contributed by atoms with Crippen LogP contribution in [0.2, 0.25) is 5.15 Å². The molecule has 2 unspecified atom stereocenters. The second-order valence-corrected chi connectivity index (χ2v) is 8.13. The number of aryl methyl sites for hydroxylation is 1. The largest absolute Gasteiger partial charge is 0.235 e. The molecule has 100 valence electrons. The number of nitrogens with zero attached hydrogens (tertiary/aromatic N) is 2. The molecular weight excluding hydrogens is 399 g/mol. The van der Waals surface area contributed by atoms with E-state index in [1.54, 1.807) is 0 Å². The average molecular weight is 415 g/mol. The van der Waals surface area contributed by atoms with Crippen molar-refractivity contribution >= 4 is 57.7 Å². The fourth-order valence-corrected chi connectivity index (χ4v) is 5.79. The number of halogens is 2. The van der Waals surface area contributed by atoms with Crippen LogP contribution in [0.5, 0.6) is 0 Å². The second kappa shape index (κ2) is 6.99. The lowest BCUT2D eigenvalue weighted by Crippen LogP contribution is -2.21. The van der Waals surface area contributed by atoms with Gasteiger partial charge in [-0.15, -0.1) is 11.8 Å². The number of rotatable bonds is 3. The normalized spacial score (nSPS) is 24.2. The van der Waals surface area contributed by atoms with Crippen molar-refractivity contribution < 1.29 is 0 Å². The van der Waals surface area contributed by atoms with Gasteiger partial charge in [0.15, 0.2) is 0 Å². The van der Waals surface area contributed by atoms with E-state index < -0.39 is 0 Å². The summed E-state index contributed by atoms with van der Waals surface area (Å²) >= 11 is 12.5. The monoisotopic (exact) mass is 414 g/mol. The highest BCUT2D eigenvalue weighted by Crippen LogP contribution is 2.43. The maximum Gasteiger partial charge on any atom is 0.146 e. The molecule has 2 nitrogen and oxygen atoms in total. The van der Waals surface area contributed by atoms with Crippen LogP contribution >= 0.6 is 57.7 Å². The van der Waals surface area contributed by atoms with Crippen LogP contribution in [-0.4, -0.2) is 26.7 Å². The van der Waals surface area contributed by atoms with E-state index in [0.29, 0.717) is 15.7 Å². The highest BCUT2D eigenvalue weighted by molar-refractivity contribution is 14.1. The van der Waals surface area contributed by atoms with E-state index in [2.05, 4.69) is 41.4 Å². The maximum absolute atomic E-state index is 6.23. The quantitative estimate of drug-likeness (QED) is 0.533. The van der Waals surface area contributed by atoms with Gasteiger partial charge in [-0.3, -0.25) is 0 Å². The molecule has 1 aliphatic rings. The van der Waals surface area contributed by atoms with Crippen molar-refractivity contribution in [1.29, 1.82) is 0 Å². The topological polar surface area (TPSA) is 25.8 Å². The van der Waals surface area contributed by atoms with E-state index in [-0.39, 0.29) is 0 Å². The third-order valence-electron chi connectivity index (χ3n) is 2.94. The Bertz CT molecular complexity index is 431. The van der Waals surface area contributed by atoms with Crippen molar-refractivity contribution in [3.8, 4) is 0 Å². The van der Waals surface area contributed by atoms with Gasteiger partial charge in [-0.05, 0) is 35.4 Å². The molecule has 2 heterocycles. The molecule has 0 aromatic carbocycles. The Morgan fingerprint density at radius 2 is 2.00 bits per heavy atom. The molecule has 2 atom stereocenters. The van der Waals surface area contributed by atoms with Gasteiger partial charge in [0.25, 0.3) is 0 Å². The molecular formula is C12H16ClIN2S2. The average Bonchev–Trinajstić information content (AvgIpc) is 2.41. The van der Waals surface area contributed by atoms with Gasteiger partial charge >= 0.3 is 0 Å². The van der Waals surface area contributed by atoms with Crippen molar-refractivity contribution in [2.75, 3.05) is 11.5 Å². The highest BCUT2D eigenvalue weighted by atomic mass is 127. The number of thioether (sulfide) groups is 2. The van der Waals surface area contributed by atoms with Crippen molar-refractivity contribution in [3.63, 3.8) is 0 Å². The molecule has 1 aromatic heterocycles. The fourth-order valence-electron chi connectivity index (χ4n) is 1.98. The zero-order valence-corrected chi connectivity index (χ0v) is 15.0. The van der Waals surface area contributed by atoms with Gasteiger partial charge in [0, 0.05) is 16.8 Å². The molecule has 0 spiro atoms. The molecule has 0 bridgehead atoms. The summed E-state index contributed by atoms with van der Waals surface area (Å²) in [5, 5.41) is 1.63. The van der Waals surface area contributed by atoms with Crippen LogP contribution in [0, 0.1) is 3.57 Å². The fraction of sp³-hybridized carbons (Fsp3) is 0.667. The summed E-state index contributed by atoms with van der Waals surface area (Å²) in [6.07, 6.45) is 2.07. The Kier molecular flexibility index (Phi) is 5.90. The summed E-state index contributed by atoms with van der Waals surface area (Å²) in [6, 6.07) is 0. The molecule has 1 saturated heterocycles. The molecule has 6 heteroatoms. The standard InChI is InChI=1S/C12H16ClIN2S2/c1-3-7-9(14)11(13)16-12(15-7)10-8(4-2)17-5-6-18-10/h8,10H,3-6H2,1-2H3. The van der Waals surface area contributed by atoms with Crippen LogP contribution in [0.25, 0.3) is 0 Å². The van der Waals surface area contributed by atoms with Crippen LogP contribution in [0.15, 0.2) is 0 Å². The van der Waals surface area contributed by atoms with E-state index in [9.17, 15) is 0 Å². The van der Waals surface area contributed by atoms with E-state index in [1.807, 2.05) is 23.5 Å². The van der Waals surface area contributed by atoms with E-state index in [4.69, 9.17) is 16.6 Å². The van der Waals surface area contributed by atoms with Crippen molar-refractivity contribution in [1.82, 2.24) is 9.97 Å². The molecule has 0 saturated carbocycles.